The number of benzene rings is 2. The number of hydrogen-bond acceptors (Lipinski definition) is 5. The molecule has 0 aromatic heterocycles. The molecule has 2 N–H and O–H groups in total. The van der Waals surface area contributed by atoms with Crippen molar-refractivity contribution in [1.29, 1.82) is 0 Å². The Hall–Kier alpha value is -3.12. The van der Waals surface area contributed by atoms with Gasteiger partial charge in [-0.25, -0.2) is 4.79 Å². The standard InChI is InChI=1S/C27H35NO5/c1-6-7-13-32-24-16-20(14-19(2)26(30)31)11-12-23(24)22-10-8-9-21(15-22)17-28-18-25(29)33-27(3,4)5/h8-12,14-16,28H,6-7,13,17-18H2,1-5H3,(H,30,31). The fourth-order valence-corrected chi connectivity index (χ4v) is 3.16. The fourth-order valence-electron chi connectivity index (χ4n) is 3.16. The van der Waals surface area contributed by atoms with E-state index in [2.05, 4.69) is 18.3 Å². The van der Waals surface area contributed by atoms with Crippen LogP contribution < -0.4 is 10.1 Å². The quantitative estimate of drug-likeness (QED) is 0.267. The lowest BCUT2D eigenvalue weighted by Gasteiger charge is -2.19. The molecule has 0 radical (unpaired) electrons. The van der Waals surface area contributed by atoms with Gasteiger partial charge in [0.25, 0.3) is 0 Å². The number of carbonyl (C=O) groups excluding carboxylic acids is 1. The third-order valence-corrected chi connectivity index (χ3v) is 4.74. The summed E-state index contributed by atoms with van der Waals surface area (Å²) in [5.41, 5.74) is 3.49. The predicted molar refractivity (Wildman–Crippen MR) is 131 cm³/mol. The van der Waals surface area contributed by atoms with E-state index in [9.17, 15) is 14.7 Å². The molecule has 0 aliphatic heterocycles. The van der Waals surface area contributed by atoms with E-state index in [1.54, 1.807) is 13.0 Å². The van der Waals surface area contributed by atoms with Crippen molar-refractivity contribution in [3.8, 4) is 16.9 Å². The second-order valence-corrected chi connectivity index (χ2v) is 8.98. The number of nitrogens with one attached hydrogen (secondary N) is 1. The highest BCUT2D eigenvalue weighted by Gasteiger charge is 2.15. The molecule has 2 aromatic carbocycles. The first kappa shape index (κ1) is 26.1. The topological polar surface area (TPSA) is 84.9 Å². The van der Waals surface area contributed by atoms with Gasteiger partial charge in [-0.2, -0.15) is 0 Å². The molecule has 0 saturated carbocycles. The van der Waals surface area contributed by atoms with Crippen LogP contribution in [0.5, 0.6) is 5.75 Å². The van der Waals surface area contributed by atoms with Gasteiger partial charge in [0.1, 0.15) is 11.4 Å². The Kier molecular flexibility index (Phi) is 9.67. The van der Waals surface area contributed by atoms with Crippen LogP contribution in [0.25, 0.3) is 17.2 Å². The summed E-state index contributed by atoms with van der Waals surface area (Å²) in [7, 11) is 0. The van der Waals surface area contributed by atoms with E-state index in [1.807, 2.05) is 57.2 Å². The van der Waals surface area contributed by atoms with Gasteiger partial charge in [0.05, 0.1) is 13.2 Å². The second-order valence-electron chi connectivity index (χ2n) is 8.98. The van der Waals surface area contributed by atoms with Crippen LogP contribution in [-0.2, 0) is 20.9 Å². The van der Waals surface area contributed by atoms with Crippen LogP contribution in [-0.4, -0.2) is 35.8 Å². The first-order chi connectivity index (χ1) is 15.6. The number of carboxylic acid groups (broad SMARTS) is 1. The van der Waals surface area contributed by atoms with E-state index in [0.717, 1.165) is 35.1 Å². The molecule has 2 aromatic rings. The molecule has 0 unspecified atom stereocenters. The molecule has 0 amide bonds. The van der Waals surface area contributed by atoms with Crippen molar-refractivity contribution in [3.05, 3.63) is 59.2 Å². The summed E-state index contributed by atoms with van der Waals surface area (Å²) < 4.78 is 11.4. The van der Waals surface area contributed by atoms with Crippen molar-refractivity contribution in [2.75, 3.05) is 13.2 Å². The summed E-state index contributed by atoms with van der Waals surface area (Å²) in [6, 6.07) is 13.8. The van der Waals surface area contributed by atoms with Crippen molar-refractivity contribution in [1.82, 2.24) is 5.32 Å². The van der Waals surface area contributed by atoms with Crippen molar-refractivity contribution in [2.45, 2.75) is 59.6 Å². The number of carboxylic acids is 1. The average molecular weight is 454 g/mol. The van der Waals surface area contributed by atoms with Gasteiger partial charge < -0.3 is 19.9 Å². The van der Waals surface area contributed by atoms with Gasteiger partial charge in [0.15, 0.2) is 0 Å². The molecule has 33 heavy (non-hydrogen) atoms. The van der Waals surface area contributed by atoms with Crippen LogP contribution >= 0.6 is 0 Å². The summed E-state index contributed by atoms with van der Waals surface area (Å²) in [4.78, 5) is 23.1. The normalized spacial score (nSPS) is 11.8. The SMILES string of the molecule is CCCCOc1cc(C=C(C)C(=O)O)ccc1-c1cccc(CNCC(=O)OC(C)(C)C)c1. The summed E-state index contributed by atoms with van der Waals surface area (Å²) in [5.74, 6) is -0.515. The molecule has 6 heteroatoms. The zero-order valence-corrected chi connectivity index (χ0v) is 20.2. The van der Waals surface area contributed by atoms with Gasteiger partial charge in [-0.1, -0.05) is 43.7 Å². The Morgan fingerprint density at radius 1 is 1.12 bits per heavy atom. The lowest BCUT2D eigenvalue weighted by molar-refractivity contribution is -0.153. The highest BCUT2D eigenvalue weighted by molar-refractivity contribution is 5.91. The number of rotatable bonds is 11. The number of aliphatic carboxylic acids is 1. The molecule has 6 nitrogen and oxygen atoms in total. The molecule has 0 saturated heterocycles. The molecule has 0 bridgehead atoms. The molecule has 0 atom stereocenters. The fraction of sp³-hybridized carbons (Fsp3) is 0.407. The molecule has 0 spiro atoms. The molecular formula is C27H35NO5. The summed E-state index contributed by atoms with van der Waals surface area (Å²) >= 11 is 0. The first-order valence-corrected chi connectivity index (χ1v) is 11.3. The lowest BCUT2D eigenvalue weighted by Crippen LogP contribution is -2.31. The largest absolute Gasteiger partial charge is 0.493 e. The van der Waals surface area contributed by atoms with Gasteiger partial charge >= 0.3 is 11.9 Å². The number of ether oxygens (including phenoxy) is 2. The minimum absolute atomic E-state index is 0.136. The average Bonchev–Trinajstić information content (AvgIpc) is 2.73. The molecular weight excluding hydrogens is 418 g/mol. The van der Waals surface area contributed by atoms with Gasteiger partial charge in [0.2, 0.25) is 0 Å². The van der Waals surface area contributed by atoms with Crippen molar-refractivity contribution in [3.63, 3.8) is 0 Å². The second kappa shape index (κ2) is 12.2. The van der Waals surface area contributed by atoms with Crippen molar-refractivity contribution < 1.29 is 24.2 Å². The highest BCUT2D eigenvalue weighted by atomic mass is 16.6. The highest BCUT2D eigenvalue weighted by Crippen LogP contribution is 2.32. The van der Waals surface area contributed by atoms with Crippen molar-refractivity contribution >= 4 is 18.0 Å². The van der Waals surface area contributed by atoms with Crippen LogP contribution in [0.3, 0.4) is 0 Å². The van der Waals surface area contributed by atoms with Crippen LogP contribution in [0.15, 0.2) is 48.0 Å². The predicted octanol–water partition coefficient (Wildman–Crippen LogP) is 5.45. The molecule has 0 fully saturated rings. The summed E-state index contributed by atoms with van der Waals surface area (Å²) in [6.07, 6.45) is 3.59. The molecule has 178 valence electrons. The lowest BCUT2D eigenvalue weighted by atomic mass is 9.99. The van der Waals surface area contributed by atoms with E-state index < -0.39 is 11.6 Å². The number of unbranched alkanes of at least 4 members (excludes halogenated alkanes) is 1. The first-order valence-electron chi connectivity index (χ1n) is 11.3. The van der Waals surface area contributed by atoms with Gasteiger partial charge in [-0.3, -0.25) is 4.79 Å². The van der Waals surface area contributed by atoms with Crippen LogP contribution in [0, 0.1) is 0 Å². The van der Waals surface area contributed by atoms with Gasteiger partial charge in [-0.05, 0) is 69.0 Å². The third kappa shape index (κ3) is 9.10. The minimum Gasteiger partial charge on any atom is -0.493 e. The maximum Gasteiger partial charge on any atom is 0.331 e. The Labute approximate surface area is 196 Å². The van der Waals surface area contributed by atoms with Crippen LogP contribution in [0.2, 0.25) is 0 Å². The summed E-state index contributed by atoms with van der Waals surface area (Å²) in [6.45, 7) is 10.5. The molecule has 0 heterocycles. The minimum atomic E-state index is -0.945. The monoisotopic (exact) mass is 453 g/mol. The Morgan fingerprint density at radius 2 is 1.88 bits per heavy atom. The van der Waals surface area contributed by atoms with E-state index in [1.165, 1.54) is 0 Å². The number of esters is 1. The van der Waals surface area contributed by atoms with E-state index in [4.69, 9.17) is 9.47 Å². The van der Waals surface area contributed by atoms with E-state index in [-0.39, 0.29) is 18.1 Å². The Bertz CT molecular complexity index is 988. The van der Waals surface area contributed by atoms with Crippen LogP contribution in [0.4, 0.5) is 0 Å². The van der Waals surface area contributed by atoms with E-state index in [0.29, 0.717) is 18.9 Å². The smallest absolute Gasteiger partial charge is 0.331 e. The molecule has 0 aliphatic carbocycles. The Balaban J connectivity index is 2.21. The van der Waals surface area contributed by atoms with Crippen LogP contribution in [0.1, 0.15) is 58.6 Å². The zero-order valence-electron chi connectivity index (χ0n) is 20.2. The third-order valence-electron chi connectivity index (χ3n) is 4.74. The zero-order chi connectivity index (χ0) is 24.4. The van der Waals surface area contributed by atoms with Gasteiger partial charge in [-0.15, -0.1) is 0 Å². The maximum atomic E-state index is 11.9. The maximum absolute atomic E-state index is 11.9. The number of hydrogen-bond donors (Lipinski definition) is 2. The Morgan fingerprint density at radius 3 is 2.55 bits per heavy atom. The molecule has 2 rings (SSSR count). The molecule has 0 aliphatic rings. The van der Waals surface area contributed by atoms with Crippen molar-refractivity contribution in [2.24, 2.45) is 0 Å². The number of carbonyl (C=O) groups is 2. The summed E-state index contributed by atoms with van der Waals surface area (Å²) in [5, 5.41) is 12.3. The van der Waals surface area contributed by atoms with E-state index >= 15 is 0 Å². The van der Waals surface area contributed by atoms with Gasteiger partial charge in [0, 0.05) is 17.7 Å².